The van der Waals surface area contributed by atoms with E-state index in [1.54, 1.807) is 6.92 Å². The molecule has 2 aromatic heterocycles. The highest BCUT2D eigenvalue weighted by Crippen LogP contribution is 2.29. The Morgan fingerprint density at radius 1 is 1.03 bits per heavy atom. The van der Waals surface area contributed by atoms with Gasteiger partial charge >= 0.3 is 0 Å². The third kappa shape index (κ3) is 5.37. The molecule has 2 heterocycles. The molecule has 0 radical (unpaired) electrons. The molecule has 170 valence electrons. The predicted molar refractivity (Wildman–Crippen MR) is 127 cm³/mol. The average molecular weight is 444 g/mol. The van der Waals surface area contributed by atoms with Gasteiger partial charge in [-0.05, 0) is 42.7 Å². The maximum absolute atomic E-state index is 12.8. The molecule has 4 rings (SSSR count). The van der Waals surface area contributed by atoms with Crippen LogP contribution in [-0.4, -0.2) is 32.4 Å². The van der Waals surface area contributed by atoms with Crippen molar-refractivity contribution in [2.45, 2.75) is 46.0 Å². The van der Waals surface area contributed by atoms with Crippen molar-refractivity contribution >= 4 is 5.91 Å². The van der Waals surface area contributed by atoms with E-state index < -0.39 is 0 Å². The van der Waals surface area contributed by atoms with E-state index in [0.29, 0.717) is 29.6 Å². The first kappa shape index (κ1) is 22.5. The Kier molecular flexibility index (Phi) is 6.40. The topological polar surface area (TPSA) is 85.8 Å². The first-order valence-electron chi connectivity index (χ1n) is 11.1. The molecule has 0 aliphatic carbocycles. The second kappa shape index (κ2) is 9.40. The molecule has 0 saturated heterocycles. The average Bonchev–Trinajstić information content (AvgIpc) is 3.44. The molecule has 7 heteroatoms. The summed E-state index contributed by atoms with van der Waals surface area (Å²) in [5, 5.41) is 15.8. The van der Waals surface area contributed by atoms with Crippen LogP contribution in [0.15, 0.2) is 65.1 Å². The van der Waals surface area contributed by atoms with Gasteiger partial charge in [-0.25, -0.2) is 4.68 Å². The summed E-state index contributed by atoms with van der Waals surface area (Å²) in [7, 11) is 0. The van der Waals surface area contributed by atoms with Crippen molar-refractivity contribution in [1.82, 2.24) is 25.3 Å². The predicted octanol–water partition coefficient (Wildman–Crippen LogP) is 4.89. The van der Waals surface area contributed by atoms with E-state index in [9.17, 15) is 4.79 Å². The molecule has 0 spiro atoms. The van der Waals surface area contributed by atoms with E-state index in [1.165, 1.54) is 5.56 Å². The number of rotatable bonds is 7. The van der Waals surface area contributed by atoms with Crippen molar-refractivity contribution in [3.8, 4) is 17.3 Å². The molecule has 2 aromatic carbocycles. The number of amides is 1. The Labute approximate surface area is 193 Å². The van der Waals surface area contributed by atoms with Crippen molar-refractivity contribution in [3.63, 3.8) is 0 Å². The largest absolute Gasteiger partial charge is 0.420 e. The van der Waals surface area contributed by atoms with Gasteiger partial charge in [-0.3, -0.25) is 4.79 Å². The van der Waals surface area contributed by atoms with Crippen molar-refractivity contribution in [3.05, 3.63) is 83.4 Å². The van der Waals surface area contributed by atoms with Crippen LogP contribution in [0.4, 0.5) is 0 Å². The molecular formula is C26H29N5O2. The maximum Gasteiger partial charge on any atom is 0.268 e. The van der Waals surface area contributed by atoms with Crippen LogP contribution in [0.25, 0.3) is 17.3 Å². The van der Waals surface area contributed by atoms with Crippen LogP contribution in [0.3, 0.4) is 0 Å². The van der Waals surface area contributed by atoms with Crippen molar-refractivity contribution in [2.24, 2.45) is 0 Å². The first-order valence-corrected chi connectivity index (χ1v) is 11.1. The lowest BCUT2D eigenvalue weighted by atomic mass is 9.91. The third-order valence-corrected chi connectivity index (χ3v) is 5.35. The van der Waals surface area contributed by atoms with Gasteiger partial charge in [-0.1, -0.05) is 57.2 Å². The molecule has 0 aliphatic heterocycles. The van der Waals surface area contributed by atoms with E-state index in [4.69, 9.17) is 9.52 Å². The lowest BCUT2D eigenvalue weighted by Crippen LogP contribution is -2.25. The fraction of sp³-hybridized carbons (Fsp3) is 0.308. The van der Waals surface area contributed by atoms with E-state index in [0.717, 1.165) is 24.2 Å². The standard InChI is InChI=1S/C26H29N5O2/c1-18-28-29-25(33-18)22-17-23(26(2,3)4)31(30-22)21-14-8-13-20(16-21)24(32)27-15-9-12-19-10-6-5-7-11-19/h5-8,10-11,13-14,16-17H,9,12,15H2,1-4H3,(H,27,32). The second-order valence-corrected chi connectivity index (χ2v) is 9.10. The van der Waals surface area contributed by atoms with E-state index in [1.807, 2.05) is 53.2 Å². The number of nitrogens with zero attached hydrogens (tertiary/aromatic N) is 4. The Bertz CT molecular complexity index is 1240. The summed E-state index contributed by atoms with van der Waals surface area (Å²) < 4.78 is 7.42. The molecule has 1 N–H and O–H groups in total. The van der Waals surface area contributed by atoms with Gasteiger partial charge in [0.15, 0.2) is 0 Å². The number of carbonyl (C=O) groups excluding carboxylic acids is 1. The van der Waals surface area contributed by atoms with E-state index in [2.05, 4.69) is 48.4 Å². The Morgan fingerprint density at radius 3 is 2.52 bits per heavy atom. The summed E-state index contributed by atoms with van der Waals surface area (Å²) >= 11 is 0. The van der Waals surface area contributed by atoms with Gasteiger partial charge in [0.05, 0.1) is 11.4 Å². The van der Waals surface area contributed by atoms with Crippen LogP contribution >= 0.6 is 0 Å². The molecule has 0 saturated carbocycles. The SMILES string of the molecule is Cc1nnc(-c2cc(C(C)(C)C)n(-c3cccc(C(=O)NCCCc4ccccc4)c3)n2)o1. The Morgan fingerprint density at radius 2 is 1.82 bits per heavy atom. The van der Waals surface area contributed by atoms with Crippen LogP contribution in [0, 0.1) is 6.92 Å². The summed E-state index contributed by atoms with van der Waals surface area (Å²) in [5.74, 6) is 0.772. The van der Waals surface area contributed by atoms with Gasteiger partial charge in [0.25, 0.3) is 11.8 Å². The quantitative estimate of drug-likeness (QED) is 0.411. The molecule has 33 heavy (non-hydrogen) atoms. The summed E-state index contributed by atoms with van der Waals surface area (Å²) in [6.45, 7) is 8.72. The zero-order valence-electron chi connectivity index (χ0n) is 19.5. The number of hydrogen-bond acceptors (Lipinski definition) is 5. The van der Waals surface area contributed by atoms with E-state index >= 15 is 0 Å². The Balaban J connectivity index is 1.52. The van der Waals surface area contributed by atoms with Gasteiger partial charge < -0.3 is 9.73 Å². The highest BCUT2D eigenvalue weighted by atomic mass is 16.4. The smallest absolute Gasteiger partial charge is 0.268 e. The molecular weight excluding hydrogens is 414 g/mol. The summed E-state index contributed by atoms with van der Waals surface area (Å²) in [5.41, 5.74) is 4.08. The monoisotopic (exact) mass is 443 g/mol. The number of carbonyl (C=O) groups is 1. The van der Waals surface area contributed by atoms with Crippen LogP contribution in [0.1, 0.15) is 54.7 Å². The number of hydrogen-bond donors (Lipinski definition) is 1. The van der Waals surface area contributed by atoms with Gasteiger partial charge in [0.2, 0.25) is 5.89 Å². The molecule has 0 atom stereocenters. The zero-order chi connectivity index (χ0) is 23.4. The van der Waals surface area contributed by atoms with Gasteiger partial charge in [0, 0.05) is 24.4 Å². The number of aromatic nitrogens is 4. The number of aryl methyl sites for hydroxylation is 2. The van der Waals surface area contributed by atoms with Crippen molar-refractivity contribution < 1.29 is 9.21 Å². The second-order valence-electron chi connectivity index (χ2n) is 9.10. The highest BCUT2D eigenvalue weighted by molar-refractivity contribution is 5.94. The zero-order valence-corrected chi connectivity index (χ0v) is 19.5. The van der Waals surface area contributed by atoms with Gasteiger partial charge in [-0.2, -0.15) is 5.10 Å². The minimum Gasteiger partial charge on any atom is -0.420 e. The molecule has 4 aromatic rings. The van der Waals surface area contributed by atoms with Crippen LogP contribution < -0.4 is 5.32 Å². The van der Waals surface area contributed by atoms with Crippen LogP contribution in [-0.2, 0) is 11.8 Å². The minimum absolute atomic E-state index is 0.0953. The summed E-state index contributed by atoms with van der Waals surface area (Å²) in [6, 6.07) is 19.7. The molecule has 0 aliphatic rings. The number of benzene rings is 2. The van der Waals surface area contributed by atoms with Crippen LogP contribution in [0.5, 0.6) is 0 Å². The first-order chi connectivity index (χ1) is 15.8. The Hall–Kier alpha value is -3.74. The van der Waals surface area contributed by atoms with Crippen LogP contribution in [0.2, 0.25) is 0 Å². The normalized spacial score (nSPS) is 11.5. The summed E-state index contributed by atoms with van der Waals surface area (Å²) in [6.07, 6.45) is 1.82. The number of nitrogens with one attached hydrogen (secondary N) is 1. The van der Waals surface area contributed by atoms with E-state index in [-0.39, 0.29) is 11.3 Å². The molecule has 0 unspecified atom stereocenters. The minimum atomic E-state index is -0.185. The molecule has 0 bridgehead atoms. The third-order valence-electron chi connectivity index (χ3n) is 5.35. The molecule has 7 nitrogen and oxygen atoms in total. The fourth-order valence-corrected chi connectivity index (χ4v) is 3.64. The van der Waals surface area contributed by atoms with Crippen molar-refractivity contribution in [2.75, 3.05) is 6.54 Å². The van der Waals surface area contributed by atoms with Gasteiger partial charge in [0.1, 0.15) is 5.69 Å². The van der Waals surface area contributed by atoms with Crippen molar-refractivity contribution in [1.29, 1.82) is 0 Å². The lowest BCUT2D eigenvalue weighted by Gasteiger charge is -2.20. The molecule has 1 amide bonds. The molecule has 0 fully saturated rings. The van der Waals surface area contributed by atoms with Gasteiger partial charge in [-0.15, -0.1) is 10.2 Å². The lowest BCUT2D eigenvalue weighted by molar-refractivity contribution is 0.0953. The fourth-order valence-electron chi connectivity index (χ4n) is 3.64. The highest BCUT2D eigenvalue weighted by Gasteiger charge is 2.24. The maximum atomic E-state index is 12.8. The summed E-state index contributed by atoms with van der Waals surface area (Å²) in [4.78, 5) is 12.8.